The maximum atomic E-state index is 5.48. The third-order valence-corrected chi connectivity index (χ3v) is 2.47. The number of nitrogens with two attached hydrogens (primary N) is 1. The monoisotopic (exact) mass is 232 g/mol. The van der Waals surface area contributed by atoms with E-state index >= 15 is 0 Å². The standard InChI is InChI=1S/C11H16N6/c1-3-9-15-10(4-2)17(16-9)11-7-13-8(5-12)6-14-11/h6-7H,3-5,12H2,1-2H3. The van der Waals surface area contributed by atoms with Gasteiger partial charge in [-0.2, -0.15) is 4.68 Å². The molecule has 0 aliphatic carbocycles. The third-order valence-electron chi connectivity index (χ3n) is 2.47. The predicted octanol–water partition coefficient (Wildman–Crippen LogP) is 0.641. The molecule has 2 N–H and O–H groups in total. The van der Waals surface area contributed by atoms with Crippen molar-refractivity contribution in [3.8, 4) is 5.82 Å². The predicted molar refractivity (Wildman–Crippen MR) is 63.6 cm³/mol. The molecule has 0 aliphatic heterocycles. The van der Waals surface area contributed by atoms with Crippen LogP contribution in [0.2, 0.25) is 0 Å². The summed E-state index contributed by atoms with van der Waals surface area (Å²) in [5.41, 5.74) is 6.25. The average Bonchev–Trinajstić information content (AvgIpc) is 2.82. The lowest BCUT2D eigenvalue weighted by Gasteiger charge is -2.03. The molecular weight excluding hydrogens is 216 g/mol. The second kappa shape index (κ2) is 5.01. The fraction of sp³-hybridized carbons (Fsp3) is 0.455. The van der Waals surface area contributed by atoms with E-state index in [1.54, 1.807) is 17.1 Å². The highest BCUT2D eigenvalue weighted by Gasteiger charge is 2.10. The molecule has 0 fully saturated rings. The van der Waals surface area contributed by atoms with Gasteiger partial charge in [0, 0.05) is 19.4 Å². The van der Waals surface area contributed by atoms with Crippen molar-refractivity contribution in [2.24, 2.45) is 5.73 Å². The fourth-order valence-corrected chi connectivity index (χ4v) is 1.52. The van der Waals surface area contributed by atoms with Crippen molar-refractivity contribution < 1.29 is 0 Å². The van der Waals surface area contributed by atoms with E-state index < -0.39 is 0 Å². The molecule has 2 aromatic heterocycles. The molecule has 0 unspecified atom stereocenters. The van der Waals surface area contributed by atoms with Gasteiger partial charge in [0.1, 0.15) is 5.82 Å². The van der Waals surface area contributed by atoms with Gasteiger partial charge in [0.25, 0.3) is 0 Å². The summed E-state index contributed by atoms with van der Waals surface area (Å²) >= 11 is 0. The molecule has 2 aromatic rings. The number of hydrogen-bond acceptors (Lipinski definition) is 5. The van der Waals surface area contributed by atoms with Crippen molar-refractivity contribution in [1.29, 1.82) is 0 Å². The van der Waals surface area contributed by atoms with E-state index in [4.69, 9.17) is 5.73 Å². The van der Waals surface area contributed by atoms with Crippen LogP contribution in [0, 0.1) is 0 Å². The lowest BCUT2D eigenvalue weighted by molar-refractivity contribution is 0.759. The summed E-state index contributed by atoms with van der Waals surface area (Å²) in [5, 5.41) is 4.40. The first-order valence-electron chi connectivity index (χ1n) is 5.74. The highest BCUT2D eigenvalue weighted by atomic mass is 15.4. The van der Waals surface area contributed by atoms with Gasteiger partial charge in [0.15, 0.2) is 11.6 Å². The second-order valence-electron chi connectivity index (χ2n) is 3.63. The summed E-state index contributed by atoms with van der Waals surface area (Å²) in [4.78, 5) is 12.9. The van der Waals surface area contributed by atoms with Crippen LogP contribution in [0.1, 0.15) is 31.2 Å². The molecular formula is C11H16N6. The quantitative estimate of drug-likeness (QED) is 0.836. The van der Waals surface area contributed by atoms with Crippen molar-refractivity contribution >= 4 is 0 Å². The van der Waals surface area contributed by atoms with E-state index in [9.17, 15) is 0 Å². The molecule has 0 aromatic carbocycles. The Bertz CT molecular complexity index is 487. The topological polar surface area (TPSA) is 82.5 Å². The smallest absolute Gasteiger partial charge is 0.174 e. The molecule has 0 radical (unpaired) electrons. The van der Waals surface area contributed by atoms with Gasteiger partial charge in [-0.25, -0.2) is 9.97 Å². The SMILES string of the molecule is CCc1nc(CC)n(-c2cnc(CN)cn2)n1. The molecule has 6 heteroatoms. The first-order valence-corrected chi connectivity index (χ1v) is 5.74. The van der Waals surface area contributed by atoms with E-state index in [-0.39, 0.29) is 0 Å². The second-order valence-corrected chi connectivity index (χ2v) is 3.63. The summed E-state index contributed by atoms with van der Waals surface area (Å²) in [6.45, 7) is 4.47. The zero-order valence-corrected chi connectivity index (χ0v) is 10.1. The van der Waals surface area contributed by atoms with Crippen LogP contribution in [-0.4, -0.2) is 24.7 Å². The van der Waals surface area contributed by atoms with Crippen molar-refractivity contribution in [1.82, 2.24) is 24.7 Å². The van der Waals surface area contributed by atoms with E-state index in [0.717, 1.165) is 30.2 Å². The van der Waals surface area contributed by atoms with Crippen molar-refractivity contribution in [3.63, 3.8) is 0 Å². The minimum atomic E-state index is 0.394. The highest BCUT2D eigenvalue weighted by Crippen LogP contribution is 2.07. The van der Waals surface area contributed by atoms with Crippen LogP contribution in [0.15, 0.2) is 12.4 Å². The Morgan fingerprint density at radius 2 is 2.00 bits per heavy atom. The Labute approximate surface area is 99.9 Å². The van der Waals surface area contributed by atoms with Crippen LogP contribution in [0.4, 0.5) is 0 Å². The Kier molecular flexibility index (Phi) is 3.43. The summed E-state index contributed by atoms with van der Waals surface area (Å²) in [5.74, 6) is 2.41. The van der Waals surface area contributed by atoms with Gasteiger partial charge in [0.2, 0.25) is 0 Å². The van der Waals surface area contributed by atoms with Crippen molar-refractivity contribution in [2.75, 3.05) is 0 Å². The summed E-state index contributed by atoms with van der Waals surface area (Å²) in [6.07, 6.45) is 4.97. The molecule has 2 rings (SSSR count). The normalized spacial score (nSPS) is 10.8. The minimum Gasteiger partial charge on any atom is -0.325 e. The van der Waals surface area contributed by atoms with E-state index in [1.807, 2.05) is 13.8 Å². The van der Waals surface area contributed by atoms with Crippen LogP contribution >= 0.6 is 0 Å². The first-order chi connectivity index (χ1) is 8.28. The highest BCUT2D eigenvalue weighted by molar-refractivity contribution is 5.19. The number of hydrogen-bond donors (Lipinski definition) is 1. The van der Waals surface area contributed by atoms with Gasteiger partial charge in [-0.3, -0.25) is 4.98 Å². The van der Waals surface area contributed by atoms with Gasteiger partial charge < -0.3 is 5.73 Å². The third kappa shape index (κ3) is 2.31. The van der Waals surface area contributed by atoms with Crippen molar-refractivity contribution in [3.05, 3.63) is 29.7 Å². The largest absolute Gasteiger partial charge is 0.325 e. The zero-order valence-electron chi connectivity index (χ0n) is 10.1. The van der Waals surface area contributed by atoms with Crippen LogP contribution in [0.25, 0.3) is 5.82 Å². The molecule has 0 amide bonds. The molecule has 6 nitrogen and oxygen atoms in total. The van der Waals surface area contributed by atoms with Gasteiger partial charge in [0.05, 0.1) is 18.1 Å². The molecule has 17 heavy (non-hydrogen) atoms. The van der Waals surface area contributed by atoms with Gasteiger partial charge in [-0.1, -0.05) is 13.8 Å². The fourth-order valence-electron chi connectivity index (χ4n) is 1.52. The van der Waals surface area contributed by atoms with Gasteiger partial charge >= 0.3 is 0 Å². The van der Waals surface area contributed by atoms with Crippen LogP contribution in [-0.2, 0) is 19.4 Å². The minimum absolute atomic E-state index is 0.394. The van der Waals surface area contributed by atoms with Gasteiger partial charge in [-0.05, 0) is 0 Å². The van der Waals surface area contributed by atoms with E-state index in [1.165, 1.54) is 0 Å². The summed E-state index contributed by atoms with van der Waals surface area (Å²) in [7, 11) is 0. The first kappa shape index (κ1) is 11.7. The Morgan fingerprint density at radius 1 is 1.18 bits per heavy atom. The Morgan fingerprint density at radius 3 is 2.53 bits per heavy atom. The van der Waals surface area contributed by atoms with Gasteiger partial charge in [-0.15, -0.1) is 5.10 Å². The van der Waals surface area contributed by atoms with Crippen LogP contribution in [0.3, 0.4) is 0 Å². The molecule has 0 bridgehead atoms. The summed E-state index contributed by atoms with van der Waals surface area (Å²) in [6, 6.07) is 0. The number of aryl methyl sites for hydroxylation is 2. The average molecular weight is 232 g/mol. The molecule has 0 saturated carbocycles. The molecule has 0 aliphatic rings. The Balaban J connectivity index is 2.40. The van der Waals surface area contributed by atoms with E-state index in [2.05, 4.69) is 20.1 Å². The number of nitrogens with zero attached hydrogens (tertiary/aromatic N) is 5. The lowest BCUT2D eigenvalue weighted by Crippen LogP contribution is -2.07. The van der Waals surface area contributed by atoms with Crippen LogP contribution in [0.5, 0.6) is 0 Å². The molecule has 0 saturated heterocycles. The van der Waals surface area contributed by atoms with Crippen molar-refractivity contribution in [2.45, 2.75) is 33.2 Å². The lowest BCUT2D eigenvalue weighted by atomic mass is 10.4. The molecule has 2 heterocycles. The maximum absolute atomic E-state index is 5.48. The molecule has 0 atom stereocenters. The molecule has 0 spiro atoms. The Hall–Kier alpha value is -1.82. The molecule has 90 valence electrons. The zero-order chi connectivity index (χ0) is 12.3. The van der Waals surface area contributed by atoms with Crippen LogP contribution < -0.4 is 5.73 Å². The maximum Gasteiger partial charge on any atom is 0.174 e. The van der Waals surface area contributed by atoms with E-state index in [0.29, 0.717) is 12.4 Å². The number of aromatic nitrogens is 5. The summed E-state index contributed by atoms with van der Waals surface area (Å²) < 4.78 is 1.74. The number of rotatable bonds is 4.